The van der Waals surface area contributed by atoms with Crippen LogP contribution in [0, 0.1) is 6.92 Å². The van der Waals surface area contributed by atoms with Crippen molar-refractivity contribution in [3.8, 4) is 0 Å². The highest BCUT2D eigenvalue weighted by atomic mass is 35.5. The van der Waals surface area contributed by atoms with Crippen molar-refractivity contribution in [2.24, 2.45) is 0 Å². The van der Waals surface area contributed by atoms with Crippen molar-refractivity contribution in [1.82, 2.24) is 15.0 Å². The summed E-state index contributed by atoms with van der Waals surface area (Å²) in [6.07, 6.45) is 0. The van der Waals surface area contributed by atoms with Gasteiger partial charge < -0.3 is 15.0 Å². The van der Waals surface area contributed by atoms with Crippen LogP contribution in [-0.4, -0.2) is 41.3 Å². The fourth-order valence-electron chi connectivity index (χ4n) is 2.07. The molecule has 8 heteroatoms. The molecule has 2 aromatic heterocycles. The molecule has 3 rings (SSSR count). The Labute approximate surface area is 132 Å². The Morgan fingerprint density at radius 3 is 2.81 bits per heavy atom. The largest absolute Gasteiger partial charge is 0.378 e. The zero-order valence-electron chi connectivity index (χ0n) is 11.7. The number of aryl methyl sites for hydroxylation is 1. The summed E-state index contributed by atoms with van der Waals surface area (Å²) in [6, 6.07) is 0. The fourth-order valence-corrected chi connectivity index (χ4v) is 3.08. The average Bonchev–Trinajstić information content (AvgIpc) is 2.91. The maximum Gasteiger partial charge on any atom is 0.231 e. The van der Waals surface area contributed by atoms with Crippen LogP contribution in [0.15, 0.2) is 10.8 Å². The summed E-state index contributed by atoms with van der Waals surface area (Å²) in [6.45, 7) is 5.67. The monoisotopic (exact) mass is 325 g/mol. The highest BCUT2D eigenvalue weighted by Gasteiger charge is 2.16. The molecule has 0 spiro atoms. The van der Waals surface area contributed by atoms with E-state index in [1.807, 2.05) is 0 Å². The first kappa shape index (κ1) is 14.5. The molecule has 0 aromatic carbocycles. The molecule has 3 heterocycles. The van der Waals surface area contributed by atoms with Crippen molar-refractivity contribution in [3.63, 3.8) is 0 Å². The maximum absolute atomic E-state index is 6.00. The van der Waals surface area contributed by atoms with E-state index in [4.69, 9.17) is 16.3 Å². The van der Waals surface area contributed by atoms with Crippen molar-refractivity contribution in [3.05, 3.63) is 27.2 Å². The third kappa shape index (κ3) is 3.61. The second kappa shape index (κ2) is 6.55. The minimum Gasteiger partial charge on any atom is -0.378 e. The highest BCUT2D eigenvalue weighted by molar-refractivity contribution is 7.08. The lowest BCUT2D eigenvalue weighted by Crippen LogP contribution is -2.37. The molecule has 21 heavy (non-hydrogen) atoms. The number of morpholine rings is 1. The van der Waals surface area contributed by atoms with Gasteiger partial charge in [0.05, 0.1) is 13.2 Å². The molecular formula is C13H16ClN5OS. The summed E-state index contributed by atoms with van der Waals surface area (Å²) < 4.78 is 5.33. The predicted molar refractivity (Wildman–Crippen MR) is 84.3 cm³/mol. The van der Waals surface area contributed by atoms with Gasteiger partial charge in [-0.1, -0.05) is 0 Å². The van der Waals surface area contributed by atoms with E-state index in [2.05, 4.69) is 42.9 Å². The van der Waals surface area contributed by atoms with E-state index in [0.717, 1.165) is 13.1 Å². The molecule has 1 aliphatic rings. The number of thiophene rings is 1. The quantitative estimate of drug-likeness (QED) is 0.931. The molecule has 0 radical (unpaired) electrons. The van der Waals surface area contributed by atoms with Gasteiger partial charge in [-0.3, -0.25) is 0 Å². The summed E-state index contributed by atoms with van der Waals surface area (Å²) in [7, 11) is 0. The normalized spacial score (nSPS) is 15.2. The standard InChI is InChI=1S/C13H16ClN5OS/c1-9-7-21-8-10(9)6-15-12-16-11(14)17-13(18-12)19-2-4-20-5-3-19/h7-8H,2-6H2,1H3,(H,15,16,17,18). The Kier molecular flexibility index (Phi) is 4.52. The first-order valence-corrected chi connectivity index (χ1v) is 8.04. The topological polar surface area (TPSA) is 63.2 Å². The number of nitrogens with zero attached hydrogens (tertiary/aromatic N) is 4. The average molecular weight is 326 g/mol. The molecule has 1 saturated heterocycles. The van der Waals surface area contributed by atoms with E-state index in [1.165, 1.54) is 11.1 Å². The second-order valence-electron chi connectivity index (χ2n) is 4.76. The third-order valence-electron chi connectivity index (χ3n) is 3.29. The Balaban J connectivity index is 1.73. The lowest BCUT2D eigenvalue weighted by Gasteiger charge is -2.26. The van der Waals surface area contributed by atoms with Crippen LogP contribution >= 0.6 is 22.9 Å². The van der Waals surface area contributed by atoms with Crippen LogP contribution in [0.2, 0.25) is 5.28 Å². The number of hydrogen-bond acceptors (Lipinski definition) is 7. The van der Waals surface area contributed by atoms with Crippen LogP contribution in [-0.2, 0) is 11.3 Å². The Bertz CT molecular complexity index is 614. The van der Waals surface area contributed by atoms with Gasteiger partial charge in [0.15, 0.2) is 0 Å². The molecule has 0 bridgehead atoms. The molecule has 2 aromatic rings. The summed E-state index contributed by atoms with van der Waals surface area (Å²) >= 11 is 7.69. The number of aromatic nitrogens is 3. The van der Waals surface area contributed by atoms with Gasteiger partial charge in [0, 0.05) is 19.6 Å². The summed E-state index contributed by atoms with van der Waals surface area (Å²) in [5.41, 5.74) is 2.51. The smallest absolute Gasteiger partial charge is 0.231 e. The summed E-state index contributed by atoms with van der Waals surface area (Å²) in [5.74, 6) is 1.10. The molecule has 0 saturated carbocycles. The van der Waals surface area contributed by atoms with Gasteiger partial charge in [0.2, 0.25) is 17.2 Å². The number of nitrogens with one attached hydrogen (secondary N) is 1. The first-order valence-electron chi connectivity index (χ1n) is 6.72. The van der Waals surface area contributed by atoms with Gasteiger partial charge in [-0.05, 0) is 40.4 Å². The minimum atomic E-state index is 0.205. The van der Waals surface area contributed by atoms with Crippen molar-refractivity contribution < 1.29 is 4.74 Å². The number of anilines is 2. The van der Waals surface area contributed by atoms with Crippen molar-refractivity contribution in [1.29, 1.82) is 0 Å². The Morgan fingerprint density at radius 2 is 2.10 bits per heavy atom. The zero-order chi connectivity index (χ0) is 14.7. The lowest BCUT2D eigenvalue weighted by molar-refractivity contribution is 0.122. The number of rotatable bonds is 4. The highest BCUT2D eigenvalue weighted by Crippen LogP contribution is 2.17. The predicted octanol–water partition coefficient (Wildman–Crippen LogP) is 2.34. The van der Waals surface area contributed by atoms with Crippen LogP contribution in [0.3, 0.4) is 0 Å². The van der Waals surface area contributed by atoms with E-state index < -0.39 is 0 Å². The first-order chi connectivity index (χ1) is 10.2. The maximum atomic E-state index is 6.00. The van der Waals surface area contributed by atoms with E-state index in [0.29, 0.717) is 31.7 Å². The molecule has 0 amide bonds. The molecule has 1 fully saturated rings. The van der Waals surface area contributed by atoms with Crippen LogP contribution in [0.4, 0.5) is 11.9 Å². The molecule has 1 aliphatic heterocycles. The third-order valence-corrected chi connectivity index (χ3v) is 4.37. The molecule has 0 aliphatic carbocycles. The van der Waals surface area contributed by atoms with Crippen LogP contribution in [0.1, 0.15) is 11.1 Å². The molecule has 0 atom stereocenters. The number of hydrogen-bond donors (Lipinski definition) is 1. The summed E-state index contributed by atoms with van der Waals surface area (Å²) in [4.78, 5) is 14.8. The van der Waals surface area contributed by atoms with Gasteiger partial charge in [-0.2, -0.15) is 26.3 Å². The van der Waals surface area contributed by atoms with Crippen molar-refractivity contribution in [2.45, 2.75) is 13.5 Å². The molecular weight excluding hydrogens is 310 g/mol. The Hall–Kier alpha value is -1.44. The molecule has 0 unspecified atom stereocenters. The number of halogens is 1. The van der Waals surface area contributed by atoms with Gasteiger partial charge >= 0.3 is 0 Å². The molecule has 6 nitrogen and oxygen atoms in total. The van der Waals surface area contributed by atoms with Gasteiger partial charge in [0.1, 0.15) is 0 Å². The van der Waals surface area contributed by atoms with E-state index in [-0.39, 0.29) is 5.28 Å². The fraction of sp³-hybridized carbons (Fsp3) is 0.462. The van der Waals surface area contributed by atoms with Crippen LogP contribution in [0.5, 0.6) is 0 Å². The minimum absolute atomic E-state index is 0.205. The van der Waals surface area contributed by atoms with Crippen LogP contribution < -0.4 is 10.2 Å². The SMILES string of the molecule is Cc1cscc1CNc1nc(Cl)nc(N2CCOCC2)n1. The Morgan fingerprint density at radius 1 is 1.29 bits per heavy atom. The van der Waals surface area contributed by atoms with Gasteiger partial charge in [-0.25, -0.2) is 0 Å². The van der Waals surface area contributed by atoms with Crippen molar-refractivity contribution in [2.75, 3.05) is 36.5 Å². The van der Waals surface area contributed by atoms with Gasteiger partial charge in [-0.15, -0.1) is 0 Å². The lowest BCUT2D eigenvalue weighted by atomic mass is 10.2. The van der Waals surface area contributed by atoms with E-state index >= 15 is 0 Å². The van der Waals surface area contributed by atoms with E-state index in [9.17, 15) is 0 Å². The summed E-state index contributed by atoms with van der Waals surface area (Å²) in [5, 5.41) is 7.66. The van der Waals surface area contributed by atoms with E-state index in [1.54, 1.807) is 11.3 Å². The molecule has 1 N–H and O–H groups in total. The number of ether oxygens (including phenoxy) is 1. The second-order valence-corrected chi connectivity index (χ2v) is 5.84. The molecule has 112 valence electrons. The van der Waals surface area contributed by atoms with Crippen molar-refractivity contribution >= 4 is 34.8 Å². The van der Waals surface area contributed by atoms with Crippen LogP contribution in [0.25, 0.3) is 0 Å². The van der Waals surface area contributed by atoms with Gasteiger partial charge in [0.25, 0.3) is 0 Å². The zero-order valence-corrected chi connectivity index (χ0v) is 13.2.